The molecule has 0 unspecified atom stereocenters. The molecule has 1 amide bonds. The molecule has 1 saturated carbocycles. The van der Waals surface area contributed by atoms with E-state index in [2.05, 4.69) is 28.1 Å². The number of benzene rings is 1. The van der Waals surface area contributed by atoms with Crippen LogP contribution in [0.4, 0.5) is 0 Å². The second-order valence-corrected chi connectivity index (χ2v) is 10.4. The maximum atomic E-state index is 12.9. The molecule has 2 aliphatic carbocycles. The third kappa shape index (κ3) is 3.23. The van der Waals surface area contributed by atoms with Gasteiger partial charge in [-0.2, -0.15) is 4.31 Å². The van der Waals surface area contributed by atoms with Crippen LogP contribution < -0.4 is 0 Å². The smallest absolute Gasteiger partial charge is 0.244 e. The van der Waals surface area contributed by atoms with Gasteiger partial charge < -0.3 is 4.90 Å². The monoisotopic (exact) mass is 458 g/mol. The number of hydrogen-bond donors (Lipinski definition) is 0. The molecule has 0 spiro atoms. The van der Waals surface area contributed by atoms with Crippen LogP contribution in [0.2, 0.25) is 5.02 Å². The summed E-state index contributed by atoms with van der Waals surface area (Å²) in [4.78, 5) is 14.7. The summed E-state index contributed by atoms with van der Waals surface area (Å²) in [5, 5.41) is 0.201. The van der Waals surface area contributed by atoms with Gasteiger partial charge in [-0.15, -0.1) is 0 Å². The Hall–Kier alpha value is -0.890. The molecular weight excluding hydrogens is 440 g/mol. The van der Waals surface area contributed by atoms with E-state index in [0.717, 1.165) is 17.3 Å². The summed E-state index contributed by atoms with van der Waals surface area (Å²) >= 11 is 9.41. The second-order valence-electron chi connectivity index (χ2n) is 7.19. The van der Waals surface area contributed by atoms with Crippen LogP contribution in [-0.2, 0) is 14.8 Å². The fraction of sp³-hybridized carbons (Fsp3) is 0.500. The fourth-order valence-electron chi connectivity index (χ4n) is 4.27. The Morgan fingerprint density at radius 2 is 1.85 bits per heavy atom. The van der Waals surface area contributed by atoms with Crippen molar-refractivity contribution in [1.82, 2.24) is 9.21 Å². The van der Waals surface area contributed by atoms with Gasteiger partial charge in [0.2, 0.25) is 15.9 Å². The van der Waals surface area contributed by atoms with Gasteiger partial charge in [-0.1, -0.05) is 39.7 Å². The lowest BCUT2D eigenvalue weighted by Gasteiger charge is -2.36. The normalized spacial score (nSPS) is 28.7. The summed E-state index contributed by atoms with van der Waals surface area (Å²) in [6.45, 7) is 1.47. The van der Waals surface area contributed by atoms with Crippen LogP contribution in [0.5, 0.6) is 0 Å². The molecule has 1 aliphatic heterocycles. The summed E-state index contributed by atoms with van der Waals surface area (Å²) in [5.74, 6) is 1.18. The predicted molar refractivity (Wildman–Crippen MR) is 103 cm³/mol. The summed E-state index contributed by atoms with van der Waals surface area (Å²) < 4.78 is 27.9. The number of allylic oxidation sites excluding steroid dienone is 2. The van der Waals surface area contributed by atoms with E-state index in [1.54, 1.807) is 12.1 Å². The molecule has 1 aromatic rings. The molecule has 26 heavy (non-hydrogen) atoms. The Balaban J connectivity index is 1.43. The zero-order valence-electron chi connectivity index (χ0n) is 14.1. The highest BCUT2D eigenvalue weighted by Crippen LogP contribution is 2.44. The van der Waals surface area contributed by atoms with Gasteiger partial charge >= 0.3 is 0 Å². The Morgan fingerprint density at radius 3 is 2.42 bits per heavy atom. The molecule has 1 aromatic carbocycles. The molecule has 0 aromatic heterocycles. The Morgan fingerprint density at radius 1 is 1.12 bits per heavy atom. The van der Waals surface area contributed by atoms with Crippen LogP contribution >= 0.6 is 27.5 Å². The highest BCUT2D eigenvalue weighted by atomic mass is 79.9. The summed E-state index contributed by atoms with van der Waals surface area (Å²) in [5.41, 5.74) is 0. The number of carbonyl (C=O) groups is 1. The molecule has 3 aliphatic rings. The first-order valence-electron chi connectivity index (χ1n) is 8.78. The van der Waals surface area contributed by atoms with Crippen molar-refractivity contribution in [2.24, 2.45) is 17.8 Å². The summed E-state index contributed by atoms with van der Waals surface area (Å²) in [7, 11) is -3.65. The minimum atomic E-state index is -3.65. The molecule has 0 N–H and O–H groups in total. The summed E-state index contributed by atoms with van der Waals surface area (Å²) in [6, 6.07) is 4.76. The van der Waals surface area contributed by atoms with Gasteiger partial charge in [-0.3, -0.25) is 4.79 Å². The van der Waals surface area contributed by atoms with E-state index in [9.17, 15) is 13.2 Å². The minimum Gasteiger partial charge on any atom is -0.340 e. The minimum absolute atomic E-state index is 0.0778. The van der Waals surface area contributed by atoms with Crippen molar-refractivity contribution in [2.45, 2.75) is 17.7 Å². The molecule has 140 valence electrons. The highest BCUT2D eigenvalue weighted by Gasteiger charge is 2.42. The first kappa shape index (κ1) is 18.5. The molecule has 3 atom stereocenters. The zero-order valence-corrected chi connectivity index (χ0v) is 17.3. The number of amides is 1. The van der Waals surface area contributed by atoms with E-state index in [0.29, 0.717) is 38.0 Å². The van der Waals surface area contributed by atoms with Crippen LogP contribution in [-0.4, -0.2) is 49.7 Å². The third-order valence-corrected chi connectivity index (χ3v) is 8.53. The molecule has 2 bridgehead atoms. The quantitative estimate of drug-likeness (QED) is 0.653. The fourth-order valence-corrected chi connectivity index (χ4v) is 6.70. The number of piperazine rings is 1. The number of nitrogens with zero attached hydrogens (tertiary/aromatic N) is 2. The van der Waals surface area contributed by atoms with Crippen molar-refractivity contribution < 1.29 is 13.2 Å². The van der Waals surface area contributed by atoms with Crippen molar-refractivity contribution in [2.75, 3.05) is 26.2 Å². The van der Waals surface area contributed by atoms with Crippen LogP contribution in [0.15, 0.2) is 39.7 Å². The van der Waals surface area contributed by atoms with Crippen molar-refractivity contribution in [3.05, 3.63) is 39.8 Å². The van der Waals surface area contributed by atoms with Gasteiger partial charge in [0.25, 0.3) is 0 Å². The van der Waals surface area contributed by atoms with Crippen molar-refractivity contribution >= 4 is 43.5 Å². The maximum Gasteiger partial charge on any atom is 0.244 e. The molecule has 1 saturated heterocycles. The van der Waals surface area contributed by atoms with E-state index in [1.165, 1.54) is 10.4 Å². The third-order valence-electron chi connectivity index (χ3n) is 5.66. The average Bonchev–Trinajstić information content (AvgIpc) is 3.24. The topological polar surface area (TPSA) is 57.7 Å². The predicted octanol–water partition coefficient (Wildman–Crippen LogP) is 3.15. The number of rotatable bonds is 3. The van der Waals surface area contributed by atoms with Crippen molar-refractivity contribution in [3.8, 4) is 0 Å². The Kier molecular flexibility index (Phi) is 4.92. The number of hydrogen-bond acceptors (Lipinski definition) is 3. The van der Waals surface area contributed by atoms with E-state index in [4.69, 9.17) is 11.6 Å². The van der Waals surface area contributed by atoms with Gasteiger partial charge in [-0.25, -0.2) is 8.42 Å². The molecule has 8 heteroatoms. The molecular formula is C18H20BrClN2O3S. The highest BCUT2D eigenvalue weighted by molar-refractivity contribution is 9.10. The van der Waals surface area contributed by atoms with E-state index in [-0.39, 0.29) is 21.7 Å². The molecule has 0 radical (unpaired) electrons. The van der Waals surface area contributed by atoms with Gasteiger partial charge in [0.15, 0.2) is 0 Å². The number of halogens is 2. The number of carbonyl (C=O) groups excluding carboxylic acids is 1. The van der Waals surface area contributed by atoms with Crippen LogP contribution in [0.1, 0.15) is 12.8 Å². The van der Waals surface area contributed by atoms with E-state index in [1.807, 2.05) is 4.90 Å². The van der Waals surface area contributed by atoms with Crippen LogP contribution in [0, 0.1) is 17.8 Å². The first-order valence-corrected chi connectivity index (χ1v) is 11.4. The lowest BCUT2D eigenvalue weighted by molar-refractivity contribution is -0.137. The largest absolute Gasteiger partial charge is 0.340 e. The zero-order chi connectivity index (χ0) is 18.5. The molecule has 1 heterocycles. The standard InChI is InChI=1S/C18H20BrClN2O3S/c19-14-3-4-17(16(20)11-14)26(24,25)22-7-5-21(6-8-22)18(23)15-10-12-1-2-13(15)9-12/h1-4,11-13,15H,5-10H2/t12-,13-,15-/m0/s1. The number of fused-ring (bicyclic) bond motifs is 2. The van der Waals surface area contributed by atoms with Gasteiger partial charge in [0, 0.05) is 36.6 Å². The van der Waals surface area contributed by atoms with Gasteiger partial charge in [0.05, 0.1) is 5.02 Å². The number of sulfonamides is 1. The molecule has 2 fully saturated rings. The summed E-state index contributed by atoms with van der Waals surface area (Å²) in [6.07, 6.45) is 6.42. The van der Waals surface area contributed by atoms with Crippen molar-refractivity contribution in [1.29, 1.82) is 0 Å². The first-order chi connectivity index (χ1) is 12.4. The maximum absolute atomic E-state index is 12.9. The van der Waals surface area contributed by atoms with Crippen LogP contribution in [0.25, 0.3) is 0 Å². The second kappa shape index (κ2) is 6.93. The van der Waals surface area contributed by atoms with Gasteiger partial charge in [-0.05, 0) is 42.9 Å². The SMILES string of the molecule is O=C([C@H]1C[C@H]2C=C[C@H]1C2)N1CCN(S(=O)(=O)c2ccc(Br)cc2Cl)CC1. The lowest BCUT2D eigenvalue weighted by Crippen LogP contribution is -2.52. The Bertz CT molecular complexity index is 865. The van der Waals surface area contributed by atoms with E-state index >= 15 is 0 Å². The van der Waals surface area contributed by atoms with Crippen molar-refractivity contribution in [3.63, 3.8) is 0 Å². The van der Waals surface area contributed by atoms with E-state index < -0.39 is 10.0 Å². The molecule has 5 nitrogen and oxygen atoms in total. The van der Waals surface area contributed by atoms with Gasteiger partial charge in [0.1, 0.15) is 4.90 Å². The van der Waals surface area contributed by atoms with Crippen LogP contribution in [0.3, 0.4) is 0 Å². The molecule has 4 rings (SSSR count). The average molecular weight is 460 g/mol. The Labute approximate surface area is 167 Å². The lowest BCUT2D eigenvalue weighted by atomic mass is 9.92.